The number of esters is 2. The van der Waals surface area contributed by atoms with E-state index in [1.807, 2.05) is 0 Å². The molecule has 1 aromatic rings. The van der Waals surface area contributed by atoms with Crippen LogP contribution >= 0.6 is 0 Å². The average molecular weight is 441 g/mol. The Morgan fingerprint density at radius 1 is 0.833 bits per heavy atom. The van der Waals surface area contributed by atoms with E-state index in [9.17, 15) is 31.5 Å². The number of hydrogen-bond acceptors (Lipinski definition) is 6. The molecule has 6 nitrogen and oxygen atoms in total. The lowest BCUT2D eigenvalue weighted by atomic mass is 10.1. The van der Waals surface area contributed by atoms with Gasteiger partial charge in [0, 0.05) is 6.42 Å². The summed E-state index contributed by atoms with van der Waals surface area (Å²) >= 11 is 0. The molecule has 0 amide bonds. The predicted molar refractivity (Wildman–Crippen MR) is 94.7 cm³/mol. The molecule has 1 rings (SSSR count). The first-order chi connectivity index (χ1) is 13.5. The Kier molecular flexibility index (Phi) is 8.32. The van der Waals surface area contributed by atoms with Gasteiger partial charge in [-0.1, -0.05) is 0 Å². The standard InChI is InChI=1S/C19H24F5NO5/c1-18(2,3)29-17(27)9(25-30-19(4,5)6)7-8-10(26)28-16-14(23)12(21)11(20)13(22)15(16)24/h9,25H,7-8H2,1-6H3/t9-/m0/s1. The van der Waals surface area contributed by atoms with Crippen LogP contribution in [0.25, 0.3) is 0 Å². The van der Waals surface area contributed by atoms with Gasteiger partial charge in [-0.3, -0.25) is 14.4 Å². The van der Waals surface area contributed by atoms with Crippen molar-refractivity contribution < 1.29 is 45.9 Å². The Bertz CT molecular complexity index is 773. The van der Waals surface area contributed by atoms with Gasteiger partial charge in [0.15, 0.2) is 0 Å². The van der Waals surface area contributed by atoms with Crippen molar-refractivity contribution in [1.82, 2.24) is 5.48 Å². The van der Waals surface area contributed by atoms with Gasteiger partial charge in [-0.15, -0.1) is 0 Å². The maximum atomic E-state index is 13.6. The normalized spacial score (nSPS) is 13.2. The van der Waals surface area contributed by atoms with E-state index < -0.39 is 70.4 Å². The van der Waals surface area contributed by atoms with Crippen molar-refractivity contribution in [2.75, 3.05) is 0 Å². The number of carbonyl (C=O) groups is 2. The van der Waals surface area contributed by atoms with Crippen LogP contribution in [0.4, 0.5) is 22.0 Å². The molecule has 1 aromatic carbocycles. The van der Waals surface area contributed by atoms with Gasteiger partial charge in [0.1, 0.15) is 11.6 Å². The molecule has 30 heavy (non-hydrogen) atoms. The van der Waals surface area contributed by atoms with Crippen LogP contribution in [0.2, 0.25) is 0 Å². The molecule has 0 aliphatic rings. The Morgan fingerprint density at radius 3 is 1.73 bits per heavy atom. The van der Waals surface area contributed by atoms with E-state index in [0.717, 1.165) is 0 Å². The number of nitrogens with one attached hydrogen (secondary N) is 1. The second-order valence-electron chi connectivity index (χ2n) is 8.33. The number of hydroxylamine groups is 1. The van der Waals surface area contributed by atoms with E-state index in [1.165, 1.54) is 0 Å². The van der Waals surface area contributed by atoms with Crippen LogP contribution in [0.3, 0.4) is 0 Å². The fourth-order valence-corrected chi connectivity index (χ4v) is 1.95. The van der Waals surface area contributed by atoms with Crippen LogP contribution in [0.5, 0.6) is 5.75 Å². The van der Waals surface area contributed by atoms with E-state index in [2.05, 4.69) is 10.2 Å². The highest BCUT2D eigenvalue weighted by Crippen LogP contribution is 2.29. The minimum atomic E-state index is -2.38. The number of carbonyl (C=O) groups excluding carboxylic acids is 2. The second kappa shape index (κ2) is 9.69. The van der Waals surface area contributed by atoms with Gasteiger partial charge in [0.25, 0.3) is 0 Å². The van der Waals surface area contributed by atoms with E-state index >= 15 is 0 Å². The zero-order valence-corrected chi connectivity index (χ0v) is 17.4. The quantitative estimate of drug-likeness (QED) is 0.172. The summed E-state index contributed by atoms with van der Waals surface area (Å²) in [5.41, 5.74) is 0.885. The van der Waals surface area contributed by atoms with Crippen molar-refractivity contribution in [2.24, 2.45) is 0 Å². The van der Waals surface area contributed by atoms with Crippen molar-refractivity contribution in [2.45, 2.75) is 71.6 Å². The topological polar surface area (TPSA) is 73.9 Å². The molecule has 0 unspecified atom stereocenters. The highest BCUT2D eigenvalue weighted by atomic mass is 19.2. The van der Waals surface area contributed by atoms with Crippen molar-refractivity contribution in [3.8, 4) is 5.75 Å². The molecule has 1 atom stereocenters. The number of rotatable bonds is 7. The molecule has 170 valence electrons. The van der Waals surface area contributed by atoms with E-state index in [1.54, 1.807) is 41.5 Å². The zero-order chi connectivity index (χ0) is 23.4. The van der Waals surface area contributed by atoms with Crippen molar-refractivity contribution in [1.29, 1.82) is 0 Å². The highest BCUT2D eigenvalue weighted by molar-refractivity contribution is 5.78. The summed E-state index contributed by atoms with van der Waals surface area (Å²) < 4.78 is 76.2. The number of hydrogen-bond donors (Lipinski definition) is 1. The third kappa shape index (κ3) is 7.52. The molecule has 0 heterocycles. The van der Waals surface area contributed by atoms with Gasteiger partial charge in [-0.25, -0.2) is 13.2 Å². The Hall–Kier alpha value is -2.27. The first kappa shape index (κ1) is 25.8. The fraction of sp³-hybridized carbons (Fsp3) is 0.579. The van der Waals surface area contributed by atoms with Gasteiger partial charge in [-0.2, -0.15) is 14.3 Å². The number of halogens is 5. The summed E-state index contributed by atoms with van der Waals surface area (Å²) in [5, 5.41) is 0. The highest BCUT2D eigenvalue weighted by Gasteiger charge is 2.30. The molecule has 0 radical (unpaired) electrons. The maximum Gasteiger partial charge on any atom is 0.326 e. The molecular weight excluding hydrogens is 417 g/mol. The summed E-state index contributed by atoms with van der Waals surface area (Å²) in [4.78, 5) is 29.5. The average Bonchev–Trinajstić information content (AvgIpc) is 2.59. The van der Waals surface area contributed by atoms with Crippen molar-refractivity contribution in [3.63, 3.8) is 0 Å². The van der Waals surface area contributed by atoms with Gasteiger partial charge in [0.2, 0.25) is 34.8 Å². The first-order valence-corrected chi connectivity index (χ1v) is 8.92. The molecule has 0 bridgehead atoms. The number of benzene rings is 1. The third-order valence-corrected chi connectivity index (χ3v) is 3.22. The molecule has 0 spiro atoms. The predicted octanol–water partition coefficient (Wildman–Crippen LogP) is 4.10. The molecule has 0 saturated carbocycles. The molecule has 11 heteroatoms. The van der Waals surface area contributed by atoms with Crippen molar-refractivity contribution >= 4 is 11.9 Å². The summed E-state index contributed by atoms with van der Waals surface area (Å²) in [6, 6.07) is -1.17. The molecule has 0 aromatic heterocycles. The van der Waals surface area contributed by atoms with Gasteiger partial charge in [0.05, 0.1) is 5.60 Å². The molecule has 0 fully saturated rings. The second-order valence-corrected chi connectivity index (χ2v) is 8.33. The summed E-state index contributed by atoms with van der Waals surface area (Å²) in [6.45, 7) is 9.90. The van der Waals surface area contributed by atoms with Crippen LogP contribution in [0.15, 0.2) is 0 Å². The van der Waals surface area contributed by atoms with Gasteiger partial charge < -0.3 is 9.47 Å². The third-order valence-electron chi connectivity index (χ3n) is 3.22. The summed E-state index contributed by atoms with van der Waals surface area (Å²) in [5.74, 6) is -15.3. The molecule has 1 N–H and O–H groups in total. The Labute approximate surface area is 170 Å². The first-order valence-electron chi connectivity index (χ1n) is 8.92. The largest absolute Gasteiger partial charge is 0.459 e. The zero-order valence-electron chi connectivity index (χ0n) is 17.4. The van der Waals surface area contributed by atoms with Crippen LogP contribution in [-0.4, -0.2) is 29.2 Å². The Balaban J connectivity index is 2.91. The monoisotopic (exact) mass is 441 g/mol. The van der Waals surface area contributed by atoms with Crippen LogP contribution < -0.4 is 10.2 Å². The van der Waals surface area contributed by atoms with Gasteiger partial charge >= 0.3 is 11.9 Å². The molecule has 0 aliphatic carbocycles. The molecule has 0 aliphatic heterocycles. The SMILES string of the molecule is CC(C)(C)ON[C@@H](CCC(=O)Oc1c(F)c(F)c(F)c(F)c1F)C(=O)OC(C)(C)C. The van der Waals surface area contributed by atoms with Crippen molar-refractivity contribution in [3.05, 3.63) is 29.1 Å². The van der Waals surface area contributed by atoms with E-state index in [0.29, 0.717) is 0 Å². The lowest BCUT2D eigenvalue weighted by molar-refractivity contribution is -0.167. The Morgan fingerprint density at radius 2 is 1.30 bits per heavy atom. The van der Waals surface area contributed by atoms with Gasteiger partial charge in [-0.05, 0) is 48.0 Å². The molecule has 0 saturated heterocycles. The fourth-order valence-electron chi connectivity index (χ4n) is 1.95. The smallest absolute Gasteiger partial charge is 0.326 e. The van der Waals surface area contributed by atoms with Crippen LogP contribution in [-0.2, 0) is 19.2 Å². The maximum absolute atomic E-state index is 13.6. The van der Waals surface area contributed by atoms with Crippen LogP contribution in [0.1, 0.15) is 54.4 Å². The van der Waals surface area contributed by atoms with Crippen LogP contribution in [0, 0.1) is 29.1 Å². The molecular formula is C19H24F5NO5. The van der Waals surface area contributed by atoms with E-state index in [4.69, 9.17) is 9.57 Å². The minimum absolute atomic E-state index is 0.306. The summed E-state index contributed by atoms with van der Waals surface area (Å²) in [7, 11) is 0. The van der Waals surface area contributed by atoms with E-state index in [-0.39, 0.29) is 6.42 Å². The minimum Gasteiger partial charge on any atom is -0.459 e. The lowest BCUT2D eigenvalue weighted by Gasteiger charge is -2.27. The number of ether oxygens (including phenoxy) is 2. The summed E-state index contributed by atoms with van der Waals surface area (Å²) in [6.07, 6.45) is -0.927. The lowest BCUT2D eigenvalue weighted by Crippen LogP contribution is -2.44.